The van der Waals surface area contributed by atoms with Gasteiger partial charge in [0.1, 0.15) is 5.75 Å². The van der Waals surface area contributed by atoms with E-state index in [-0.39, 0.29) is 13.0 Å². The predicted molar refractivity (Wildman–Crippen MR) is 107 cm³/mol. The zero-order chi connectivity index (χ0) is 21.4. The largest absolute Gasteiger partial charge is 0.497 e. The molecular weight excluding hydrogens is 376 g/mol. The molecule has 0 aliphatic carbocycles. The van der Waals surface area contributed by atoms with Crippen LogP contribution in [0.15, 0.2) is 48.5 Å². The van der Waals surface area contributed by atoms with Crippen LogP contribution in [-0.4, -0.2) is 49.3 Å². The van der Waals surface area contributed by atoms with Crippen LogP contribution in [0.25, 0.3) is 0 Å². The fraction of sp³-hybridized carbons (Fsp3) is 0.286. The number of nitrogens with one attached hydrogen (secondary N) is 2. The van der Waals surface area contributed by atoms with Gasteiger partial charge in [0.25, 0.3) is 0 Å². The Bertz CT molecular complexity index is 860. The monoisotopic (exact) mass is 400 g/mol. The minimum Gasteiger partial charge on any atom is -0.497 e. The molecule has 0 radical (unpaired) electrons. The molecule has 0 saturated carbocycles. The summed E-state index contributed by atoms with van der Waals surface area (Å²) in [5.41, 5.74) is 0.291. The summed E-state index contributed by atoms with van der Waals surface area (Å²) in [5.74, 6) is -1.55. The summed E-state index contributed by atoms with van der Waals surface area (Å²) >= 11 is 0. The van der Waals surface area contributed by atoms with Crippen LogP contribution in [0, 0.1) is 0 Å². The number of carbonyl (C=O) groups excluding carboxylic acids is 3. The van der Waals surface area contributed by atoms with Crippen molar-refractivity contribution in [3.8, 4) is 5.75 Å². The smallest absolute Gasteiger partial charge is 0.337 e. The fourth-order valence-corrected chi connectivity index (χ4v) is 2.59. The van der Waals surface area contributed by atoms with Crippen LogP contribution >= 0.6 is 0 Å². The van der Waals surface area contributed by atoms with Crippen LogP contribution in [0.4, 0.5) is 5.69 Å². The molecule has 0 saturated heterocycles. The van der Waals surface area contributed by atoms with Gasteiger partial charge in [-0.2, -0.15) is 0 Å². The molecule has 154 valence electrons. The Hall–Kier alpha value is -3.39. The standard InChI is InChI=1S/C21H24N2O6/c1-21(27,12-14-4-10-17(28-2)11-5-14)13-22-18(24)19(25)23-16-8-6-15(7-9-16)20(26)29-3/h4-11,27H,12-13H2,1-3H3,(H,22,24)(H,23,25)/t21-/m1/s1. The number of aliphatic hydroxyl groups is 1. The van der Waals surface area contributed by atoms with Gasteiger partial charge in [-0.1, -0.05) is 12.1 Å². The summed E-state index contributed by atoms with van der Waals surface area (Å²) in [6.45, 7) is 1.47. The second kappa shape index (κ2) is 9.70. The first-order chi connectivity index (χ1) is 13.7. The number of hydrogen-bond donors (Lipinski definition) is 3. The minimum absolute atomic E-state index is 0.105. The van der Waals surface area contributed by atoms with Gasteiger partial charge in [0.15, 0.2) is 0 Å². The van der Waals surface area contributed by atoms with E-state index in [1.165, 1.54) is 31.4 Å². The zero-order valence-electron chi connectivity index (χ0n) is 16.5. The molecule has 0 aliphatic rings. The maximum atomic E-state index is 12.0. The molecule has 2 aromatic carbocycles. The highest BCUT2D eigenvalue weighted by Crippen LogP contribution is 2.17. The van der Waals surface area contributed by atoms with Crippen molar-refractivity contribution >= 4 is 23.5 Å². The molecule has 2 rings (SSSR count). The quantitative estimate of drug-likeness (QED) is 0.480. The lowest BCUT2D eigenvalue weighted by atomic mass is 9.96. The van der Waals surface area contributed by atoms with Gasteiger partial charge in [-0.05, 0) is 48.9 Å². The van der Waals surface area contributed by atoms with Crippen LogP contribution in [0.2, 0.25) is 0 Å². The summed E-state index contributed by atoms with van der Waals surface area (Å²) in [6.07, 6.45) is 0.286. The molecule has 8 nitrogen and oxygen atoms in total. The van der Waals surface area contributed by atoms with Gasteiger partial charge in [0.05, 0.1) is 25.4 Å². The van der Waals surface area contributed by atoms with Crippen molar-refractivity contribution in [1.29, 1.82) is 0 Å². The third kappa shape index (κ3) is 6.62. The number of rotatable bonds is 7. The molecule has 0 heterocycles. The molecule has 0 aromatic heterocycles. The van der Waals surface area contributed by atoms with E-state index in [1.807, 2.05) is 12.1 Å². The zero-order valence-corrected chi connectivity index (χ0v) is 16.5. The average Bonchev–Trinajstić information content (AvgIpc) is 2.72. The number of anilines is 1. The average molecular weight is 400 g/mol. The van der Waals surface area contributed by atoms with Crippen LogP contribution in [0.3, 0.4) is 0 Å². The Morgan fingerprint density at radius 1 is 0.966 bits per heavy atom. The number of amides is 2. The van der Waals surface area contributed by atoms with Crippen molar-refractivity contribution in [2.24, 2.45) is 0 Å². The number of carbonyl (C=O) groups is 3. The van der Waals surface area contributed by atoms with Gasteiger partial charge >= 0.3 is 17.8 Å². The van der Waals surface area contributed by atoms with Crippen molar-refractivity contribution in [2.45, 2.75) is 18.9 Å². The van der Waals surface area contributed by atoms with Crippen molar-refractivity contribution < 1.29 is 29.0 Å². The molecule has 0 unspecified atom stereocenters. The maximum Gasteiger partial charge on any atom is 0.337 e. The topological polar surface area (TPSA) is 114 Å². The summed E-state index contributed by atoms with van der Waals surface area (Å²) in [5, 5.41) is 15.3. The summed E-state index contributed by atoms with van der Waals surface area (Å²) in [7, 11) is 2.84. The number of hydrogen-bond acceptors (Lipinski definition) is 6. The van der Waals surface area contributed by atoms with Crippen LogP contribution in [0.1, 0.15) is 22.8 Å². The minimum atomic E-state index is -1.24. The maximum absolute atomic E-state index is 12.0. The first-order valence-electron chi connectivity index (χ1n) is 8.87. The van der Waals surface area contributed by atoms with Gasteiger partial charge in [-0.25, -0.2) is 4.79 Å². The van der Waals surface area contributed by atoms with E-state index < -0.39 is 23.4 Å². The molecule has 8 heteroatoms. The molecule has 0 spiro atoms. The normalized spacial score (nSPS) is 12.4. The highest BCUT2D eigenvalue weighted by Gasteiger charge is 2.24. The third-order valence-electron chi connectivity index (χ3n) is 4.14. The highest BCUT2D eigenvalue weighted by molar-refractivity contribution is 6.39. The molecule has 0 bridgehead atoms. The number of ether oxygens (including phenoxy) is 2. The fourth-order valence-electron chi connectivity index (χ4n) is 2.59. The van der Waals surface area contributed by atoms with Crippen molar-refractivity contribution in [1.82, 2.24) is 5.32 Å². The second-order valence-electron chi connectivity index (χ2n) is 6.73. The molecule has 2 amide bonds. The lowest BCUT2D eigenvalue weighted by Crippen LogP contribution is -2.45. The van der Waals surface area contributed by atoms with Crippen molar-refractivity contribution in [3.63, 3.8) is 0 Å². The van der Waals surface area contributed by atoms with E-state index in [0.29, 0.717) is 17.0 Å². The number of esters is 1. The van der Waals surface area contributed by atoms with Gasteiger partial charge in [-0.15, -0.1) is 0 Å². The Morgan fingerprint density at radius 2 is 1.59 bits per heavy atom. The molecule has 2 aromatic rings. The van der Waals surface area contributed by atoms with E-state index in [0.717, 1.165) is 5.56 Å². The first kappa shape index (κ1) is 21.9. The number of methoxy groups -OCH3 is 2. The van der Waals surface area contributed by atoms with Gasteiger partial charge in [-0.3, -0.25) is 9.59 Å². The Kier molecular flexibility index (Phi) is 7.33. The van der Waals surface area contributed by atoms with Crippen molar-refractivity contribution in [2.75, 3.05) is 26.1 Å². The van der Waals surface area contributed by atoms with Crippen LogP contribution in [-0.2, 0) is 20.7 Å². The van der Waals surface area contributed by atoms with Crippen LogP contribution < -0.4 is 15.4 Å². The SMILES string of the molecule is COC(=O)c1ccc(NC(=O)C(=O)NC[C@](C)(O)Cc2ccc(OC)cc2)cc1. The van der Waals surface area contributed by atoms with Crippen molar-refractivity contribution in [3.05, 3.63) is 59.7 Å². The van der Waals surface area contributed by atoms with E-state index in [4.69, 9.17) is 4.74 Å². The molecule has 29 heavy (non-hydrogen) atoms. The molecule has 0 fully saturated rings. The van der Waals surface area contributed by atoms with Gasteiger partial charge in [0, 0.05) is 18.7 Å². The van der Waals surface area contributed by atoms with E-state index in [1.54, 1.807) is 26.2 Å². The van der Waals surface area contributed by atoms with Gasteiger partial charge in [0.2, 0.25) is 0 Å². The third-order valence-corrected chi connectivity index (χ3v) is 4.14. The molecule has 3 N–H and O–H groups in total. The highest BCUT2D eigenvalue weighted by atomic mass is 16.5. The lowest BCUT2D eigenvalue weighted by molar-refractivity contribution is -0.136. The molecule has 1 atom stereocenters. The summed E-state index contributed by atoms with van der Waals surface area (Å²) in [6, 6.07) is 13.1. The Labute approximate surface area is 168 Å². The summed E-state index contributed by atoms with van der Waals surface area (Å²) < 4.78 is 9.68. The van der Waals surface area contributed by atoms with Gasteiger partial charge < -0.3 is 25.2 Å². The molecule has 0 aliphatic heterocycles. The number of benzene rings is 2. The predicted octanol–water partition coefficient (Wildman–Crippen LogP) is 1.53. The van der Waals surface area contributed by atoms with E-state index >= 15 is 0 Å². The lowest BCUT2D eigenvalue weighted by Gasteiger charge is -2.23. The Morgan fingerprint density at radius 3 is 2.14 bits per heavy atom. The van der Waals surface area contributed by atoms with Crippen LogP contribution in [0.5, 0.6) is 5.75 Å². The first-order valence-corrected chi connectivity index (χ1v) is 8.87. The van der Waals surface area contributed by atoms with E-state index in [9.17, 15) is 19.5 Å². The Balaban J connectivity index is 1.86. The second-order valence-corrected chi connectivity index (χ2v) is 6.73. The molecular formula is C21H24N2O6. The summed E-state index contributed by atoms with van der Waals surface area (Å²) in [4.78, 5) is 35.4. The van der Waals surface area contributed by atoms with E-state index in [2.05, 4.69) is 15.4 Å².